The van der Waals surface area contributed by atoms with Gasteiger partial charge in [0.25, 0.3) is 0 Å². The molecule has 0 saturated carbocycles. The van der Waals surface area contributed by atoms with Gasteiger partial charge in [0.05, 0.1) is 6.10 Å². The summed E-state index contributed by atoms with van der Waals surface area (Å²) in [4.78, 5) is 0. The molecule has 0 heterocycles. The molecule has 0 aromatic heterocycles. The van der Waals surface area contributed by atoms with Gasteiger partial charge in [-0.05, 0) is 35.7 Å². The molecule has 20 heavy (non-hydrogen) atoms. The molecule has 4 heteroatoms. The first-order chi connectivity index (χ1) is 9.61. The van der Waals surface area contributed by atoms with Gasteiger partial charge in [-0.2, -0.15) is 0 Å². The van der Waals surface area contributed by atoms with E-state index in [0.717, 1.165) is 15.6 Å². The maximum Gasteiger partial charge on any atom is 0.123 e. The molecule has 0 aliphatic heterocycles. The monoisotopic (exact) mass is 337 g/mol. The Morgan fingerprint density at radius 2 is 1.90 bits per heavy atom. The molecule has 2 N–H and O–H groups in total. The average Bonchev–Trinajstić information content (AvgIpc) is 2.45. The number of methoxy groups -OCH3 is 1. The van der Waals surface area contributed by atoms with Gasteiger partial charge >= 0.3 is 0 Å². The van der Waals surface area contributed by atoms with Crippen molar-refractivity contribution in [2.75, 3.05) is 7.11 Å². The van der Waals surface area contributed by atoms with Crippen molar-refractivity contribution < 1.29 is 9.13 Å². The van der Waals surface area contributed by atoms with E-state index in [1.54, 1.807) is 13.2 Å². The van der Waals surface area contributed by atoms with Gasteiger partial charge in [0, 0.05) is 17.6 Å². The van der Waals surface area contributed by atoms with Gasteiger partial charge in [0.15, 0.2) is 0 Å². The van der Waals surface area contributed by atoms with Crippen molar-refractivity contribution in [3.63, 3.8) is 0 Å². The quantitative estimate of drug-likeness (QED) is 0.899. The molecule has 2 aromatic carbocycles. The van der Waals surface area contributed by atoms with E-state index >= 15 is 0 Å². The number of nitrogens with two attached hydrogens (primary N) is 1. The predicted octanol–water partition coefficient (Wildman–Crippen LogP) is 3.85. The predicted molar refractivity (Wildman–Crippen MR) is 82.0 cm³/mol. The SMILES string of the molecule is COC(c1ccccc1)C(N)Cc1cc(F)ccc1Br. The lowest BCUT2D eigenvalue weighted by Gasteiger charge is -2.23. The summed E-state index contributed by atoms with van der Waals surface area (Å²) in [6.45, 7) is 0. The van der Waals surface area contributed by atoms with Gasteiger partial charge in [-0.1, -0.05) is 46.3 Å². The Balaban J connectivity index is 2.17. The number of ether oxygens (including phenoxy) is 1. The molecule has 2 aromatic rings. The molecule has 0 saturated heterocycles. The van der Waals surface area contributed by atoms with Crippen molar-refractivity contribution in [3.8, 4) is 0 Å². The molecule has 0 amide bonds. The first-order valence-corrected chi connectivity index (χ1v) is 7.18. The van der Waals surface area contributed by atoms with E-state index in [9.17, 15) is 4.39 Å². The van der Waals surface area contributed by atoms with Crippen LogP contribution in [0.4, 0.5) is 4.39 Å². The molecule has 2 unspecified atom stereocenters. The summed E-state index contributed by atoms with van der Waals surface area (Å²) in [5.74, 6) is -0.260. The summed E-state index contributed by atoms with van der Waals surface area (Å²) in [5.41, 5.74) is 8.11. The Kier molecular flexibility index (Phi) is 5.29. The fourth-order valence-electron chi connectivity index (χ4n) is 2.26. The van der Waals surface area contributed by atoms with Crippen LogP contribution in [0.25, 0.3) is 0 Å². The second-order valence-electron chi connectivity index (χ2n) is 4.67. The number of hydrogen-bond donors (Lipinski definition) is 1. The van der Waals surface area contributed by atoms with E-state index in [1.807, 2.05) is 30.3 Å². The van der Waals surface area contributed by atoms with E-state index in [2.05, 4.69) is 15.9 Å². The van der Waals surface area contributed by atoms with Gasteiger partial charge in [-0.3, -0.25) is 0 Å². The summed E-state index contributed by atoms with van der Waals surface area (Å²) >= 11 is 3.42. The van der Waals surface area contributed by atoms with Crippen LogP contribution in [0.3, 0.4) is 0 Å². The van der Waals surface area contributed by atoms with E-state index in [0.29, 0.717) is 6.42 Å². The third-order valence-corrected chi connectivity index (χ3v) is 4.01. The lowest BCUT2D eigenvalue weighted by molar-refractivity contribution is 0.0802. The molecular weight excluding hydrogens is 321 g/mol. The number of hydrogen-bond acceptors (Lipinski definition) is 2. The smallest absolute Gasteiger partial charge is 0.123 e. The van der Waals surface area contributed by atoms with Crippen molar-refractivity contribution in [1.82, 2.24) is 0 Å². The highest BCUT2D eigenvalue weighted by atomic mass is 79.9. The molecule has 0 bridgehead atoms. The second kappa shape index (κ2) is 6.97. The lowest BCUT2D eigenvalue weighted by atomic mass is 9.96. The second-order valence-corrected chi connectivity index (χ2v) is 5.53. The zero-order chi connectivity index (χ0) is 14.5. The molecule has 0 radical (unpaired) electrons. The minimum Gasteiger partial charge on any atom is -0.375 e. The Morgan fingerprint density at radius 3 is 2.55 bits per heavy atom. The van der Waals surface area contributed by atoms with Gasteiger partial charge in [0.2, 0.25) is 0 Å². The summed E-state index contributed by atoms with van der Waals surface area (Å²) in [5, 5.41) is 0. The third-order valence-electron chi connectivity index (χ3n) is 3.23. The van der Waals surface area contributed by atoms with E-state index in [-0.39, 0.29) is 18.0 Å². The van der Waals surface area contributed by atoms with Crippen LogP contribution in [-0.4, -0.2) is 13.2 Å². The van der Waals surface area contributed by atoms with Crippen molar-refractivity contribution in [2.45, 2.75) is 18.6 Å². The highest BCUT2D eigenvalue weighted by molar-refractivity contribution is 9.10. The van der Waals surface area contributed by atoms with Crippen LogP contribution in [0.15, 0.2) is 53.0 Å². The van der Waals surface area contributed by atoms with Crippen molar-refractivity contribution in [3.05, 3.63) is 69.9 Å². The molecular formula is C16H17BrFNO. The Labute approximate surface area is 126 Å². The lowest BCUT2D eigenvalue weighted by Crippen LogP contribution is -2.32. The fourth-order valence-corrected chi connectivity index (χ4v) is 2.67. The summed E-state index contributed by atoms with van der Waals surface area (Å²) < 4.78 is 19.7. The van der Waals surface area contributed by atoms with E-state index in [4.69, 9.17) is 10.5 Å². The van der Waals surface area contributed by atoms with Crippen LogP contribution in [0.5, 0.6) is 0 Å². The molecule has 2 nitrogen and oxygen atoms in total. The Morgan fingerprint density at radius 1 is 1.20 bits per heavy atom. The zero-order valence-electron chi connectivity index (χ0n) is 11.2. The topological polar surface area (TPSA) is 35.2 Å². The molecule has 2 atom stereocenters. The molecule has 0 aliphatic carbocycles. The minimum atomic E-state index is -0.260. The van der Waals surface area contributed by atoms with E-state index in [1.165, 1.54) is 12.1 Å². The first kappa shape index (κ1) is 15.2. The molecule has 0 fully saturated rings. The van der Waals surface area contributed by atoms with Crippen LogP contribution in [0.2, 0.25) is 0 Å². The van der Waals surface area contributed by atoms with Crippen LogP contribution < -0.4 is 5.73 Å². The average molecular weight is 338 g/mol. The van der Waals surface area contributed by atoms with Gasteiger partial charge < -0.3 is 10.5 Å². The van der Waals surface area contributed by atoms with Gasteiger partial charge in [-0.25, -0.2) is 4.39 Å². The standard InChI is InChI=1S/C16H17BrFNO/c1-20-16(11-5-3-2-4-6-11)15(19)10-12-9-13(18)7-8-14(12)17/h2-9,15-16H,10,19H2,1H3. The summed E-state index contributed by atoms with van der Waals surface area (Å²) in [6.07, 6.45) is 0.317. The largest absolute Gasteiger partial charge is 0.375 e. The molecule has 2 rings (SSSR count). The van der Waals surface area contributed by atoms with Crippen LogP contribution in [-0.2, 0) is 11.2 Å². The molecule has 106 valence electrons. The highest BCUT2D eigenvalue weighted by Gasteiger charge is 2.20. The Hall–Kier alpha value is -1.23. The minimum absolute atomic E-state index is 0.216. The Bertz CT molecular complexity index is 562. The molecule has 0 spiro atoms. The summed E-state index contributed by atoms with van der Waals surface area (Å²) in [6, 6.07) is 14.2. The van der Waals surface area contributed by atoms with Crippen LogP contribution in [0.1, 0.15) is 17.2 Å². The maximum absolute atomic E-state index is 13.3. The van der Waals surface area contributed by atoms with Crippen LogP contribution >= 0.6 is 15.9 Å². The normalized spacial score (nSPS) is 14.0. The van der Waals surface area contributed by atoms with Gasteiger partial charge in [-0.15, -0.1) is 0 Å². The fraction of sp³-hybridized carbons (Fsp3) is 0.250. The first-order valence-electron chi connectivity index (χ1n) is 6.39. The highest BCUT2D eigenvalue weighted by Crippen LogP contribution is 2.25. The number of benzene rings is 2. The van der Waals surface area contributed by atoms with Crippen molar-refractivity contribution >= 4 is 15.9 Å². The third kappa shape index (κ3) is 3.66. The van der Waals surface area contributed by atoms with Crippen molar-refractivity contribution in [1.29, 1.82) is 0 Å². The molecule has 0 aliphatic rings. The van der Waals surface area contributed by atoms with E-state index < -0.39 is 0 Å². The van der Waals surface area contributed by atoms with Crippen molar-refractivity contribution in [2.24, 2.45) is 5.73 Å². The summed E-state index contributed by atoms with van der Waals surface area (Å²) in [7, 11) is 1.64. The van der Waals surface area contributed by atoms with Gasteiger partial charge in [0.1, 0.15) is 5.82 Å². The number of rotatable bonds is 5. The number of halogens is 2. The maximum atomic E-state index is 13.3. The van der Waals surface area contributed by atoms with Crippen LogP contribution in [0, 0.1) is 5.82 Å². The zero-order valence-corrected chi connectivity index (χ0v) is 12.8.